The molecule has 0 spiro atoms. The Morgan fingerprint density at radius 2 is 1.82 bits per heavy atom. The van der Waals surface area contributed by atoms with Gasteiger partial charge in [0.25, 0.3) is 5.90 Å². The molecule has 1 aromatic carbocycles. The molecule has 0 bridgehead atoms. The van der Waals surface area contributed by atoms with E-state index in [1.54, 1.807) is 12.1 Å². The fraction of sp³-hybridized carbons (Fsp3) is 0.533. The van der Waals surface area contributed by atoms with Gasteiger partial charge in [-0.05, 0) is 43.2 Å². The Bertz CT molecular complexity index is 428. The van der Waals surface area contributed by atoms with Gasteiger partial charge in [0.2, 0.25) is 0 Å². The highest BCUT2D eigenvalue weighted by molar-refractivity contribution is 8.93. The number of hydrogen-bond acceptors (Lipinski definition) is 5. The second-order valence-electron chi connectivity index (χ2n) is 5.10. The standard InChI is InChI=1S/C15H22N2O3.BrH.ClH/c18-14(11-17-9-5-2-6-10-17)12-20-15(16-19)13-7-3-1-4-8-13;;/h1,3-4,7-8,14,18-19H,2,5-6,9-12H2;2*1H. The van der Waals surface area contributed by atoms with E-state index in [1.807, 2.05) is 18.2 Å². The topological polar surface area (TPSA) is 65.3 Å². The highest BCUT2D eigenvalue weighted by atomic mass is 79.9. The van der Waals surface area contributed by atoms with Crippen LogP contribution in [0.15, 0.2) is 35.5 Å². The van der Waals surface area contributed by atoms with E-state index in [1.165, 1.54) is 19.3 Å². The van der Waals surface area contributed by atoms with Crippen molar-refractivity contribution in [1.29, 1.82) is 0 Å². The lowest BCUT2D eigenvalue weighted by Gasteiger charge is -2.28. The van der Waals surface area contributed by atoms with Gasteiger partial charge in [-0.3, -0.25) is 0 Å². The molecule has 1 aromatic rings. The predicted molar refractivity (Wildman–Crippen MR) is 94.6 cm³/mol. The van der Waals surface area contributed by atoms with Crippen molar-refractivity contribution in [3.63, 3.8) is 0 Å². The third kappa shape index (κ3) is 6.96. The largest absolute Gasteiger partial charge is 0.472 e. The maximum atomic E-state index is 9.99. The van der Waals surface area contributed by atoms with E-state index in [9.17, 15) is 5.11 Å². The van der Waals surface area contributed by atoms with Crippen molar-refractivity contribution in [1.82, 2.24) is 4.90 Å². The molecule has 1 unspecified atom stereocenters. The first-order chi connectivity index (χ1) is 9.79. The molecule has 2 N–H and O–H groups in total. The van der Waals surface area contributed by atoms with Crippen LogP contribution in [0.4, 0.5) is 0 Å². The number of hydrogen-bond donors (Lipinski definition) is 2. The van der Waals surface area contributed by atoms with Crippen LogP contribution < -0.4 is 0 Å². The van der Waals surface area contributed by atoms with Gasteiger partial charge < -0.3 is 20.0 Å². The van der Waals surface area contributed by atoms with Crippen molar-refractivity contribution in [2.45, 2.75) is 25.4 Å². The molecular formula is C15H24BrClN2O3. The Labute approximate surface area is 148 Å². The normalized spacial score (nSPS) is 17.0. The zero-order valence-corrected chi connectivity index (χ0v) is 15.0. The van der Waals surface area contributed by atoms with Crippen molar-refractivity contribution in [2.24, 2.45) is 5.16 Å². The summed E-state index contributed by atoms with van der Waals surface area (Å²) in [6, 6.07) is 9.16. The summed E-state index contributed by atoms with van der Waals surface area (Å²) in [5.41, 5.74) is 0.695. The molecule has 22 heavy (non-hydrogen) atoms. The molecule has 0 aliphatic carbocycles. The first-order valence-electron chi connectivity index (χ1n) is 7.10. The third-order valence-electron chi connectivity index (χ3n) is 3.44. The minimum Gasteiger partial charge on any atom is -0.472 e. The molecule has 1 saturated heterocycles. The van der Waals surface area contributed by atoms with Gasteiger partial charge in [-0.25, -0.2) is 0 Å². The minimum atomic E-state index is -0.575. The van der Waals surface area contributed by atoms with Crippen LogP contribution in [0.25, 0.3) is 0 Å². The average molecular weight is 396 g/mol. The fourth-order valence-corrected chi connectivity index (χ4v) is 2.42. The highest BCUT2D eigenvalue weighted by Gasteiger charge is 2.16. The van der Waals surface area contributed by atoms with Crippen molar-refractivity contribution in [2.75, 3.05) is 26.2 Å². The Morgan fingerprint density at radius 3 is 2.41 bits per heavy atom. The van der Waals surface area contributed by atoms with E-state index in [4.69, 9.17) is 9.94 Å². The lowest BCUT2D eigenvalue weighted by atomic mass is 10.1. The van der Waals surface area contributed by atoms with E-state index in [-0.39, 0.29) is 41.9 Å². The number of halogens is 2. The molecule has 1 atom stereocenters. The molecule has 0 amide bonds. The molecule has 2 rings (SSSR count). The number of ether oxygens (including phenoxy) is 1. The SMILES string of the molecule is Br.Cl.ON=C(OCC(O)CN1CCCCC1)c1ccccc1. The Kier molecular flexibility index (Phi) is 11.3. The molecule has 1 aliphatic heterocycles. The number of oxime groups is 1. The van der Waals surface area contributed by atoms with Crippen molar-refractivity contribution < 1.29 is 15.1 Å². The number of benzene rings is 1. The van der Waals surface area contributed by atoms with Gasteiger partial charge in [0.15, 0.2) is 0 Å². The molecule has 0 saturated carbocycles. The Morgan fingerprint density at radius 1 is 1.18 bits per heavy atom. The van der Waals surface area contributed by atoms with E-state index in [2.05, 4.69) is 10.1 Å². The van der Waals surface area contributed by atoms with E-state index >= 15 is 0 Å². The number of rotatable bonds is 5. The summed E-state index contributed by atoms with van der Waals surface area (Å²) in [5, 5.41) is 22.1. The number of aliphatic hydroxyl groups is 1. The van der Waals surface area contributed by atoms with E-state index in [0.717, 1.165) is 13.1 Å². The highest BCUT2D eigenvalue weighted by Crippen LogP contribution is 2.09. The number of β-amino-alcohol motifs (C(OH)–C–C–N with tert-alkyl or cyclic N) is 1. The maximum Gasteiger partial charge on any atom is 0.257 e. The molecule has 1 fully saturated rings. The summed E-state index contributed by atoms with van der Waals surface area (Å²) in [5.74, 6) is 0.142. The third-order valence-corrected chi connectivity index (χ3v) is 3.44. The zero-order valence-electron chi connectivity index (χ0n) is 12.4. The summed E-state index contributed by atoms with van der Waals surface area (Å²) < 4.78 is 5.40. The molecule has 0 aromatic heterocycles. The van der Waals surface area contributed by atoms with Gasteiger partial charge in [-0.1, -0.05) is 24.6 Å². The summed E-state index contributed by atoms with van der Waals surface area (Å²) in [7, 11) is 0. The average Bonchev–Trinajstić information content (AvgIpc) is 2.50. The van der Waals surface area contributed by atoms with Gasteiger partial charge in [-0.15, -0.1) is 29.4 Å². The quantitative estimate of drug-likeness (QED) is 0.348. The second kappa shape index (κ2) is 11.7. The summed E-state index contributed by atoms with van der Waals surface area (Å²) >= 11 is 0. The summed E-state index contributed by atoms with van der Waals surface area (Å²) in [6.07, 6.45) is 3.09. The van der Waals surface area contributed by atoms with Crippen LogP contribution in [0.2, 0.25) is 0 Å². The predicted octanol–water partition coefficient (Wildman–Crippen LogP) is 2.69. The maximum absolute atomic E-state index is 9.99. The van der Waals surface area contributed by atoms with Crippen molar-refractivity contribution in [3.8, 4) is 0 Å². The van der Waals surface area contributed by atoms with Crippen LogP contribution in [0.1, 0.15) is 24.8 Å². The molecule has 126 valence electrons. The molecule has 0 radical (unpaired) electrons. The lowest BCUT2D eigenvalue weighted by molar-refractivity contribution is 0.0564. The fourth-order valence-electron chi connectivity index (χ4n) is 2.42. The van der Waals surface area contributed by atoms with Crippen molar-refractivity contribution in [3.05, 3.63) is 35.9 Å². The van der Waals surface area contributed by atoms with Crippen LogP contribution in [0.5, 0.6) is 0 Å². The van der Waals surface area contributed by atoms with Gasteiger partial charge in [-0.2, -0.15) is 0 Å². The van der Waals surface area contributed by atoms with Crippen LogP contribution in [-0.4, -0.2) is 53.5 Å². The number of likely N-dealkylation sites (tertiary alicyclic amines) is 1. The minimum absolute atomic E-state index is 0. The second-order valence-corrected chi connectivity index (χ2v) is 5.10. The van der Waals surface area contributed by atoms with Crippen LogP contribution in [0.3, 0.4) is 0 Å². The number of nitrogens with zero attached hydrogens (tertiary/aromatic N) is 2. The molecule has 1 aliphatic rings. The Balaban J connectivity index is 0.00000220. The van der Waals surface area contributed by atoms with Gasteiger partial charge in [0, 0.05) is 12.1 Å². The smallest absolute Gasteiger partial charge is 0.257 e. The molecule has 5 nitrogen and oxygen atoms in total. The lowest BCUT2D eigenvalue weighted by Crippen LogP contribution is -2.38. The summed E-state index contributed by atoms with van der Waals surface area (Å²) in [6.45, 7) is 2.81. The van der Waals surface area contributed by atoms with E-state index < -0.39 is 6.10 Å². The summed E-state index contributed by atoms with van der Waals surface area (Å²) in [4.78, 5) is 2.25. The van der Waals surface area contributed by atoms with E-state index in [0.29, 0.717) is 12.1 Å². The van der Waals surface area contributed by atoms with Crippen LogP contribution >= 0.6 is 29.4 Å². The molecular weight excluding hydrogens is 372 g/mol. The van der Waals surface area contributed by atoms with Gasteiger partial charge in [0.1, 0.15) is 12.7 Å². The number of aliphatic hydroxyl groups excluding tert-OH is 1. The monoisotopic (exact) mass is 394 g/mol. The van der Waals surface area contributed by atoms with Crippen LogP contribution in [0, 0.1) is 0 Å². The van der Waals surface area contributed by atoms with Crippen molar-refractivity contribution >= 4 is 35.3 Å². The Hall–Kier alpha value is -0.820. The molecule has 7 heteroatoms. The number of piperidine rings is 1. The van der Waals surface area contributed by atoms with Gasteiger partial charge >= 0.3 is 0 Å². The molecule has 1 heterocycles. The van der Waals surface area contributed by atoms with Crippen LogP contribution in [-0.2, 0) is 4.74 Å². The first kappa shape index (κ1) is 21.2. The zero-order chi connectivity index (χ0) is 14.2. The first-order valence-corrected chi connectivity index (χ1v) is 7.10. The van der Waals surface area contributed by atoms with Gasteiger partial charge in [0.05, 0.1) is 0 Å².